The number of amides is 1. The summed E-state index contributed by atoms with van der Waals surface area (Å²) in [5.74, 6) is 0. The molecule has 1 fully saturated rings. The van der Waals surface area contributed by atoms with E-state index in [1.165, 1.54) is 0 Å². The van der Waals surface area contributed by atoms with Crippen molar-refractivity contribution in [3.05, 3.63) is 0 Å². The topological polar surface area (TPSA) is 53.3 Å². The number of hydrogen-bond donors (Lipinski definition) is 0. The van der Waals surface area contributed by atoms with E-state index in [0.29, 0.717) is 6.42 Å². The zero-order valence-corrected chi connectivity index (χ0v) is 11.0. The molecule has 0 radical (unpaired) electrons. The number of hydrogen-bond acceptors (Lipinski definition) is 3. The van der Waals surface area contributed by atoms with Crippen LogP contribution >= 0.6 is 0 Å². The van der Waals surface area contributed by atoms with Gasteiger partial charge in [0.15, 0.2) is 0 Å². The fourth-order valence-corrected chi connectivity index (χ4v) is 2.09. The van der Waals surface area contributed by atoms with Crippen LogP contribution in [0.4, 0.5) is 4.79 Å². The molecular formula is C13H22N2O2. The Labute approximate surface area is 104 Å². The zero-order chi connectivity index (χ0) is 12.9. The lowest BCUT2D eigenvalue weighted by atomic mass is 9.99. The molecule has 1 rings (SSSR count). The third kappa shape index (κ3) is 4.64. The first-order chi connectivity index (χ1) is 7.94. The average Bonchev–Trinajstić information content (AvgIpc) is 2.24. The molecule has 0 saturated carbocycles. The van der Waals surface area contributed by atoms with Crippen LogP contribution < -0.4 is 0 Å². The van der Waals surface area contributed by atoms with Gasteiger partial charge in [0, 0.05) is 19.0 Å². The van der Waals surface area contributed by atoms with Gasteiger partial charge in [0.1, 0.15) is 5.60 Å². The molecular weight excluding hydrogens is 216 g/mol. The minimum Gasteiger partial charge on any atom is -0.444 e. The second kappa shape index (κ2) is 5.90. The van der Waals surface area contributed by atoms with Gasteiger partial charge in [-0.3, -0.25) is 0 Å². The van der Waals surface area contributed by atoms with Crippen LogP contribution in [0.25, 0.3) is 0 Å². The Balaban J connectivity index is 2.58. The van der Waals surface area contributed by atoms with Crippen molar-refractivity contribution in [1.29, 1.82) is 5.26 Å². The van der Waals surface area contributed by atoms with E-state index in [0.717, 1.165) is 32.2 Å². The molecule has 0 aromatic rings. The predicted octanol–water partition coefficient (Wildman–Crippen LogP) is 3.08. The fourth-order valence-electron chi connectivity index (χ4n) is 2.09. The molecule has 0 aliphatic carbocycles. The third-order valence-electron chi connectivity index (χ3n) is 2.84. The van der Waals surface area contributed by atoms with Crippen LogP contribution in [0.1, 0.15) is 52.9 Å². The van der Waals surface area contributed by atoms with E-state index in [9.17, 15) is 4.79 Å². The van der Waals surface area contributed by atoms with Crippen LogP contribution in [0, 0.1) is 11.3 Å². The molecule has 4 nitrogen and oxygen atoms in total. The summed E-state index contributed by atoms with van der Waals surface area (Å²) >= 11 is 0. The van der Waals surface area contributed by atoms with Crippen molar-refractivity contribution in [3.63, 3.8) is 0 Å². The quantitative estimate of drug-likeness (QED) is 0.742. The van der Waals surface area contributed by atoms with Crippen LogP contribution in [0.5, 0.6) is 0 Å². The molecule has 1 saturated heterocycles. The number of likely N-dealkylation sites (tertiary alicyclic amines) is 1. The number of carbonyl (C=O) groups excluding carboxylic acids is 1. The van der Waals surface area contributed by atoms with Gasteiger partial charge in [0.05, 0.1) is 6.07 Å². The Morgan fingerprint density at radius 1 is 1.47 bits per heavy atom. The van der Waals surface area contributed by atoms with Gasteiger partial charge in [-0.15, -0.1) is 0 Å². The maximum atomic E-state index is 12.0. The minimum atomic E-state index is -0.450. The molecule has 1 amide bonds. The van der Waals surface area contributed by atoms with E-state index in [1.54, 1.807) is 4.90 Å². The second-order valence-corrected chi connectivity index (χ2v) is 5.52. The van der Waals surface area contributed by atoms with Crippen molar-refractivity contribution in [1.82, 2.24) is 4.90 Å². The van der Waals surface area contributed by atoms with Gasteiger partial charge in [-0.2, -0.15) is 5.26 Å². The summed E-state index contributed by atoms with van der Waals surface area (Å²) in [6.45, 7) is 6.38. The van der Waals surface area contributed by atoms with Crippen molar-refractivity contribution in [2.75, 3.05) is 6.54 Å². The Morgan fingerprint density at radius 3 is 2.76 bits per heavy atom. The molecule has 1 unspecified atom stereocenters. The van der Waals surface area contributed by atoms with Gasteiger partial charge in [-0.25, -0.2) is 4.79 Å². The Morgan fingerprint density at radius 2 is 2.18 bits per heavy atom. The molecule has 0 spiro atoms. The Hall–Kier alpha value is -1.24. The number of nitrogens with zero attached hydrogens (tertiary/aromatic N) is 2. The summed E-state index contributed by atoms with van der Waals surface area (Å²) in [4.78, 5) is 13.8. The summed E-state index contributed by atoms with van der Waals surface area (Å²) in [7, 11) is 0. The van der Waals surface area contributed by atoms with Crippen molar-refractivity contribution in [2.24, 2.45) is 0 Å². The SMILES string of the molecule is CC(C)(C)OC(=O)N1CCCCC1CCC#N. The molecule has 1 atom stereocenters. The smallest absolute Gasteiger partial charge is 0.410 e. The van der Waals surface area contributed by atoms with Gasteiger partial charge in [0.25, 0.3) is 0 Å². The molecule has 0 N–H and O–H groups in total. The van der Waals surface area contributed by atoms with Gasteiger partial charge in [0.2, 0.25) is 0 Å². The van der Waals surface area contributed by atoms with E-state index >= 15 is 0 Å². The number of ether oxygens (including phenoxy) is 1. The van der Waals surface area contributed by atoms with E-state index in [2.05, 4.69) is 6.07 Å². The number of rotatable bonds is 2. The van der Waals surface area contributed by atoms with Crippen LogP contribution in [0.15, 0.2) is 0 Å². The maximum absolute atomic E-state index is 12.0. The molecule has 17 heavy (non-hydrogen) atoms. The van der Waals surface area contributed by atoms with E-state index in [-0.39, 0.29) is 12.1 Å². The summed E-state index contributed by atoms with van der Waals surface area (Å²) in [6, 6.07) is 2.32. The van der Waals surface area contributed by atoms with Crippen molar-refractivity contribution in [3.8, 4) is 6.07 Å². The van der Waals surface area contributed by atoms with Crippen molar-refractivity contribution >= 4 is 6.09 Å². The lowest BCUT2D eigenvalue weighted by Crippen LogP contribution is -2.46. The van der Waals surface area contributed by atoms with Crippen LogP contribution in [0.3, 0.4) is 0 Å². The highest BCUT2D eigenvalue weighted by atomic mass is 16.6. The van der Waals surface area contributed by atoms with Crippen LogP contribution in [-0.4, -0.2) is 29.2 Å². The number of carbonyl (C=O) groups is 1. The Bertz CT molecular complexity index is 302. The van der Waals surface area contributed by atoms with Crippen LogP contribution in [-0.2, 0) is 4.74 Å². The largest absolute Gasteiger partial charge is 0.444 e. The average molecular weight is 238 g/mol. The highest BCUT2D eigenvalue weighted by Gasteiger charge is 2.29. The second-order valence-electron chi connectivity index (χ2n) is 5.52. The molecule has 1 heterocycles. The van der Waals surface area contributed by atoms with E-state index in [4.69, 9.17) is 10.00 Å². The minimum absolute atomic E-state index is 0.179. The zero-order valence-electron chi connectivity index (χ0n) is 11.0. The lowest BCUT2D eigenvalue weighted by molar-refractivity contribution is 0.00904. The van der Waals surface area contributed by atoms with E-state index in [1.807, 2.05) is 20.8 Å². The monoisotopic (exact) mass is 238 g/mol. The molecule has 0 aromatic carbocycles. The molecule has 1 aliphatic heterocycles. The molecule has 96 valence electrons. The number of piperidine rings is 1. The maximum Gasteiger partial charge on any atom is 0.410 e. The predicted molar refractivity (Wildman–Crippen MR) is 65.4 cm³/mol. The molecule has 0 bridgehead atoms. The summed E-state index contributed by atoms with van der Waals surface area (Å²) in [6.07, 6.45) is 4.18. The highest BCUT2D eigenvalue weighted by molar-refractivity contribution is 5.68. The third-order valence-corrected chi connectivity index (χ3v) is 2.84. The summed E-state index contributed by atoms with van der Waals surface area (Å²) in [5, 5.41) is 8.62. The lowest BCUT2D eigenvalue weighted by Gasteiger charge is -2.36. The van der Waals surface area contributed by atoms with Crippen molar-refractivity contribution in [2.45, 2.75) is 64.5 Å². The normalized spacial score (nSPS) is 20.8. The van der Waals surface area contributed by atoms with Gasteiger partial charge in [-0.1, -0.05) is 0 Å². The summed E-state index contributed by atoms with van der Waals surface area (Å²) < 4.78 is 5.39. The van der Waals surface area contributed by atoms with Crippen molar-refractivity contribution < 1.29 is 9.53 Å². The van der Waals surface area contributed by atoms with Gasteiger partial charge >= 0.3 is 6.09 Å². The van der Waals surface area contributed by atoms with E-state index < -0.39 is 5.60 Å². The highest BCUT2D eigenvalue weighted by Crippen LogP contribution is 2.23. The Kier molecular flexibility index (Phi) is 4.80. The first-order valence-electron chi connectivity index (χ1n) is 6.30. The first-order valence-corrected chi connectivity index (χ1v) is 6.30. The van der Waals surface area contributed by atoms with Gasteiger partial charge < -0.3 is 9.64 Å². The number of nitriles is 1. The first kappa shape index (κ1) is 13.8. The molecule has 1 aliphatic rings. The fraction of sp³-hybridized carbons (Fsp3) is 0.846. The molecule has 4 heteroatoms. The standard InChI is InChI=1S/C13H22N2O2/c1-13(2,3)17-12(16)15-10-5-4-7-11(15)8-6-9-14/h11H,4-8,10H2,1-3H3. The van der Waals surface area contributed by atoms with Gasteiger partial charge in [-0.05, 0) is 46.5 Å². The van der Waals surface area contributed by atoms with Crippen LogP contribution in [0.2, 0.25) is 0 Å². The molecule has 0 aromatic heterocycles. The summed E-state index contributed by atoms with van der Waals surface area (Å²) in [5.41, 5.74) is -0.450.